The molecule has 4 aromatic rings. The molecule has 8 nitrogen and oxygen atoms in total. The van der Waals surface area contributed by atoms with Gasteiger partial charge < -0.3 is 30.1 Å². The monoisotopic (exact) mass is 551 g/mol. The first-order chi connectivity index (χ1) is 19.6. The molecular formula is C31H33N7OS. The molecule has 2 N–H and O–H groups in total. The molecule has 3 aromatic carbocycles. The van der Waals surface area contributed by atoms with Crippen molar-refractivity contribution in [3.8, 4) is 5.75 Å². The highest BCUT2D eigenvalue weighted by Gasteiger charge is 2.24. The lowest BCUT2D eigenvalue weighted by Gasteiger charge is -2.37. The molecule has 0 bridgehead atoms. The molecule has 2 aliphatic heterocycles. The van der Waals surface area contributed by atoms with Gasteiger partial charge in [0.15, 0.2) is 5.11 Å². The zero-order valence-corrected chi connectivity index (χ0v) is 23.4. The number of para-hydroxylation sites is 1. The van der Waals surface area contributed by atoms with Crippen LogP contribution in [0.15, 0.2) is 84.9 Å². The van der Waals surface area contributed by atoms with Crippen molar-refractivity contribution in [3.63, 3.8) is 0 Å². The van der Waals surface area contributed by atoms with Crippen LogP contribution in [0.25, 0.3) is 0 Å². The van der Waals surface area contributed by atoms with Crippen molar-refractivity contribution in [1.29, 1.82) is 0 Å². The van der Waals surface area contributed by atoms with Crippen molar-refractivity contribution in [2.45, 2.75) is 19.6 Å². The zero-order chi connectivity index (χ0) is 27.3. The van der Waals surface area contributed by atoms with Crippen molar-refractivity contribution in [3.05, 3.63) is 102 Å². The van der Waals surface area contributed by atoms with Gasteiger partial charge in [0.05, 0.1) is 7.11 Å². The SMILES string of the molecule is COc1ccc(CNC(=S)Nc2nc(N3CCN(c4ccccc4)CC3)cc(N3Cc4ccccc4C3)n2)cc1. The Bertz CT molecular complexity index is 1430. The van der Waals surface area contributed by atoms with Crippen LogP contribution in [-0.4, -0.2) is 48.4 Å². The van der Waals surface area contributed by atoms with E-state index in [-0.39, 0.29) is 0 Å². The maximum Gasteiger partial charge on any atom is 0.232 e. The molecule has 6 rings (SSSR count). The summed E-state index contributed by atoms with van der Waals surface area (Å²) in [6.07, 6.45) is 0. The van der Waals surface area contributed by atoms with E-state index in [1.54, 1.807) is 7.11 Å². The minimum atomic E-state index is 0.484. The quantitative estimate of drug-likeness (QED) is 0.315. The highest BCUT2D eigenvalue weighted by Crippen LogP contribution is 2.30. The lowest BCUT2D eigenvalue weighted by atomic mass is 10.1. The van der Waals surface area contributed by atoms with E-state index in [1.165, 1.54) is 16.8 Å². The van der Waals surface area contributed by atoms with Gasteiger partial charge >= 0.3 is 0 Å². The van der Waals surface area contributed by atoms with Gasteiger partial charge in [-0.15, -0.1) is 0 Å². The Kier molecular flexibility index (Phi) is 7.63. The molecular weight excluding hydrogens is 518 g/mol. The molecule has 0 amide bonds. The molecule has 0 spiro atoms. The Labute approximate surface area is 240 Å². The maximum atomic E-state index is 5.63. The van der Waals surface area contributed by atoms with Crippen molar-refractivity contribution in [2.24, 2.45) is 0 Å². The Balaban J connectivity index is 1.18. The van der Waals surface area contributed by atoms with Crippen molar-refractivity contribution < 1.29 is 4.74 Å². The zero-order valence-electron chi connectivity index (χ0n) is 22.6. The first kappa shape index (κ1) is 25.9. The number of ether oxygens (including phenoxy) is 1. The van der Waals surface area contributed by atoms with Crippen molar-refractivity contribution >= 4 is 40.6 Å². The second kappa shape index (κ2) is 11.8. The first-order valence-corrected chi connectivity index (χ1v) is 14.0. The van der Waals surface area contributed by atoms with E-state index in [0.29, 0.717) is 17.6 Å². The molecule has 0 aliphatic carbocycles. The van der Waals surface area contributed by atoms with Gasteiger partial charge in [-0.2, -0.15) is 9.97 Å². The number of aromatic nitrogens is 2. The second-order valence-corrected chi connectivity index (χ2v) is 10.4. The van der Waals surface area contributed by atoms with E-state index in [9.17, 15) is 0 Å². The van der Waals surface area contributed by atoms with Crippen LogP contribution in [0, 0.1) is 0 Å². The topological polar surface area (TPSA) is 68.8 Å². The summed E-state index contributed by atoms with van der Waals surface area (Å²) < 4.78 is 5.25. The fourth-order valence-electron chi connectivity index (χ4n) is 5.20. The number of nitrogens with one attached hydrogen (secondary N) is 2. The molecule has 204 valence electrons. The van der Waals surface area contributed by atoms with Crippen molar-refractivity contribution in [1.82, 2.24) is 15.3 Å². The van der Waals surface area contributed by atoms with E-state index >= 15 is 0 Å². The van der Waals surface area contributed by atoms with Crippen LogP contribution in [0.3, 0.4) is 0 Å². The van der Waals surface area contributed by atoms with Gasteiger partial charge in [0.25, 0.3) is 0 Å². The second-order valence-electron chi connectivity index (χ2n) is 10.00. The summed E-state index contributed by atoms with van der Waals surface area (Å²) in [4.78, 5) is 16.9. The lowest BCUT2D eigenvalue weighted by molar-refractivity contribution is 0.414. The van der Waals surface area contributed by atoms with E-state index < -0.39 is 0 Å². The molecule has 1 aromatic heterocycles. The molecule has 9 heteroatoms. The third kappa shape index (κ3) is 5.94. The molecule has 0 saturated carbocycles. The van der Waals surface area contributed by atoms with Gasteiger partial charge in [0.2, 0.25) is 5.95 Å². The molecule has 0 unspecified atom stereocenters. The minimum absolute atomic E-state index is 0.484. The number of thiocarbonyl (C=S) groups is 1. The fraction of sp³-hybridized carbons (Fsp3) is 0.258. The molecule has 2 aliphatic rings. The molecule has 1 fully saturated rings. The standard InChI is InChI=1S/C31H33N7OS/c1-39-27-13-11-23(12-14-27)20-32-31(40)35-30-33-28(37-17-15-36(16-18-37)26-9-3-2-4-10-26)19-29(34-30)38-21-24-7-5-6-8-25(24)22-38/h2-14,19H,15-18,20-22H2,1H3,(H2,32,33,34,35,40). The number of piperazine rings is 1. The molecule has 0 atom stereocenters. The summed E-state index contributed by atoms with van der Waals surface area (Å²) >= 11 is 5.63. The van der Waals surface area contributed by atoms with Crippen LogP contribution in [0.2, 0.25) is 0 Å². The van der Waals surface area contributed by atoms with Crippen LogP contribution >= 0.6 is 12.2 Å². The summed E-state index contributed by atoms with van der Waals surface area (Å²) in [5.74, 6) is 3.14. The predicted molar refractivity (Wildman–Crippen MR) is 165 cm³/mol. The van der Waals surface area contributed by atoms with Gasteiger partial charge in [-0.05, 0) is 53.2 Å². The summed E-state index contributed by atoms with van der Waals surface area (Å²) in [7, 11) is 1.67. The summed E-state index contributed by atoms with van der Waals surface area (Å²) in [5.41, 5.74) is 5.04. The third-order valence-corrected chi connectivity index (χ3v) is 7.67. The number of nitrogens with zero attached hydrogens (tertiary/aromatic N) is 5. The Morgan fingerprint density at radius 2 is 1.38 bits per heavy atom. The molecule has 3 heterocycles. The highest BCUT2D eigenvalue weighted by atomic mass is 32.1. The number of anilines is 4. The number of rotatable bonds is 7. The van der Waals surface area contributed by atoms with Crippen LogP contribution < -0.4 is 30.1 Å². The largest absolute Gasteiger partial charge is 0.497 e. The van der Waals surface area contributed by atoms with Gasteiger partial charge in [0, 0.05) is 57.6 Å². The van der Waals surface area contributed by atoms with Crippen LogP contribution in [0.1, 0.15) is 16.7 Å². The summed E-state index contributed by atoms with van der Waals surface area (Å²) in [6, 6.07) is 29.2. The van der Waals surface area contributed by atoms with Crippen LogP contribution in [0.5, 0.6) is 5.75 Å². The average molecular weight is 552 g/mol. The van der Waals surface area contributed by atoms with E-state index in [2.05, 4.69) is 86.0 Å². The number of methoxy groups -OCH3 is 1. The Hall–Kier alpha value is -4.37. The van der Waals surface area contributed by atoms with Crippen LogP contribution in [0.4, 0.5) is 23.3 Å². The summed E-state index contributed by atoms with van der Waals surface area (Å²) in [5, 5.41) is 7.00. The third-order valence-electron chi connectivity index (χ3n) is 7.43. The van der Waals surface area contributed by atoms with Gasteiger partial charge in [-0.3, -0.25) is 0 Å². The average Bonchev–Trinajstić information content (AvgIpc) is 3.45. The van der Waals surface area contributed by atoms with Gasteiger partial charge in [-0.25, -0.2) is 0 Å². The molecule has 40 heavy (non-hydrogen) atoms. The van der Waals surface area contributed by atoms with E-state index in [0.717, 1.165) is 62.2 Å². The van der Waals surface area contributed by atoms with Crippen LogP contribution in [-0.2, 0) is 19.6 Å². The molecule has 0 radical (unpaired) electrons. The highest BCUT2D eigenvalue weighted by molar-refractivity contribution is 7.80. The smallest absolute Gasteiger partial charge is 0.232 e. The van der Waals surface area contributed by atoms with E-state index in [4.69, 9.17) is 26.9 Å². The number of fused-ring (bicyclic) bond motifs is 1. The number of hydrogen-bond donors (Lipinski definition) is 2. The van der Waals surface area contributed by atoms with Gasteiger partial charge in [0.1, 0.15) is 17.4 Å². The Morgan fingerprint density at radius 3 is 2.02 bits per heavy atom. The first-order valence-electron chi connectivity index (χ1n) is 13.6. The predicted octanol–water partition coefficient (Wildman–Crippen LogP) is 4.82. The number of benzene rings is 3. The molecule has 1 saturated heterocycles. The van der Waals surface area contributed by atoms with E-state index in [1.807, 2.05) is 24.3 Å². The van der Waals surface area contributed by atoms with Crippen molar-refractivity contribution in [2.75, 3.05) is 53.3 Å². The number of hydrogen-bond acceptors (Lipinski definition) is 7. The fourth-order valence-corrected chi connectivity index (χ4v) is 5.36. The summed E-state index contributed by atoms with van der Waals surface area (Å²) in [6.45, 7) is 5.87. The maximum absolute atomic E-state index is 5.63. The van der Waals surface area contributed by atoms with Gasteiger partial charge in [-0.1, -0.05) is 54.6 Å². The Morgan fingerprint density at radius 1 is 0.775 bits per heavy atom. The normalized spacial score (nSPS) is 14.6. The lowest BCUT2D eigenvalue weighted by Crippen LogP contribution is -2.47. The minimum Gasteiger partial charge on any atom is -0.497 e.